The van der Waals surface area contributed by atoms with Gasteiger partial charge in [-0.2, -0.15) is 0 Å². The summed E-state index contributed by atoms with van der Waals surface area (Å²) in [6.07, 6.45) is 1.83. The van der Waals surface area contributed by atoms with Gasteiger partial charge in [-0.25, -0.2) is 0 Å². The lowest BCUT2D eigenvalue weighted by Crippen LogP contribution is -2.35. The van der Waals surface area contributed by atoms with Crippen molar-refractivity contribution in [1.82, 2.24) is 5.32 Å². The molecule has 0 unspecified atom stereocenters. The average molecular weight is 306 g/mol. The molecule has 1 aliphatic heterocycles. The Hall–Kier alpha value is -2.24. The molecule has 0 saturated carbocycles. The molecule has 0 fully saturated rings. The van der Waals surface area contributed by atoms with E-state index < -0.39 is 6.10 Å². The maximum absolute atomic E-state index is 12.0. The Morgan fingerprint density at radius 1 is 1.41 bits per heavy atom. The van der Waals surface area contributed by atoms with Gasteiger partial charge in [-0.05, 0) is 24.6 Å². The van der Waals surface area contributed by atoms with Crippen molar-refractivity contribution >= 4 is 11.6 Å². The summed E-state index contributed by atoms with van der Waals surface area (Å²) in [5, 5.41) is 6.90. The summed E-state index contributed by atoms with van der Waals surface area (Å²) in [6.45, 7) is 2.74. The molecular weight excluding hydrogens is 284 g/mol. The molecule has 1 aromatic carbocycles. The largest absolute Gasteiger partial charge is 0.497 e. The van der Waals surface area contributed by atoms with E-state index in [1.807, 2.05) is 18.2 Å². The summed E-state index contributed by atoms with van der Waals surface area (Å²) in [5.74, 6) is 1.25. The Morgan fingerprint density at radius 2 is 2.23 bits per heavy atom. The van der Waals surface area contributed by atoms with Crippen LogP contribution < -0.4 is 14.8 Å². The van der Waals surface area contributed by atoms with Gasteiger partial charge >= 0.3 is 0 Å². The van der Waals surface area contributed by atoms with Crippen LogP contribution in [-0.4, -0.2) is 38.5 Å². The number of hydrogen-bond acceptors (Lipinski definition) is 5. The van der Waals surface area contributed by atoms with Crippen molar-refractivity contribution < 1.29 is 19.1 Å². The zero-order valence-corrected chi connectivity index (χ0v) is 13.2. The molecule has 0 aliphatic carbocycles. The molecule has 6 nitrogen and oxygen atoms in total. The van der Waals surface area contributed by atoms with Gasteiger partial charge in [-0.1, -0.05) is 18.5 Å². The predicted molar refractivity (Wildman–Crippen MR) is 83.5 cm³/mol. The van der Waals surface area contributed by atoms with E-state index in [9.17, 15) is 4.79 Å². The first kappa shape index (κ1) is 16.1. The fourth-order valence-corrected chi connectivity index (χ4v) is 2.22. The Labute approximate surface area is 130 Å². The predicted octanol–water partition coefficient (Wildman–Crippen LogP) is 2.11. The minimum absolute atomic E-state index is 0.130. The highest BCUT2D eigenvalue weighted by Gasteiger charge is 2.30. The highest BCUT2D eigenvalue weighted by Crippen LogP contribution is 2.28. The quantitative estimate of drug-likeness (QED) is 0.783. The summed E-state index contributed by atoms with van der Waals surface area (Å²) in [7, 11) is 3.19. The van der Waals surface area contributed by atoms with E-state index in [4.69, 9.17) is 14.3 Å². The normalized spacial score (nSPS) is 16.7. The van der Waals surface area contributed by atoms with Crippen LogP contribution in [0.4, 0.5) is 0 Å². The summed E-state index contributed by atoms with van der Waals surface area (Å²) in [5.41, 5.74) is 1.47. The minimum atomic E-state index is -0.581. The summed E-state index contributed by atoms with van der Waals surface area (Å²) < 4.78 is 10.6. The molecule has 0 spiro atoms. The molecule has 1 N–H and O–H groups in total. The molecule has 0 aromatic heterocycles. The van der Waals surface area contributed by atoms with Crippen molar-refractivity contribution in [2.45, 2.75) is 32.3 Å². The summed E-state index contributed by atoms with van der Waals surface area (Å²) in [6, 6.07) is 5.46. The Balaban J connectivity index is 2.05. The molecule has 120 valence electrons. The van der Waals surface area contributed by atoms with Crippen LogP contribution in [0, 0.1) is 0 Å². The van der Waals surface area contributed by atoms with Gasteiger partial charge in [-0.15, -0.1) is 0 Å². The number of methoxy groups -OCH3 is 2. The number of unbranched alkanes of at least 4 members (excludes halogenated alkanes) is 1. The third kappa shape index (κ3) is 3.69. The Morgan fingerprint density at radius 3 is 2.91 bits per heavy atom. The monoisotopic (exact) mass is 306 g/mol. The van der Waals surface area contributed by atoms with Crippen molar-refractivity contribution in [3.8, 4) is 11.5 Å². The number of amides is 1. The zero-order valence-electron chi connectivity index (χ0n) is 13.2. The first-order chi connectivity index (χ1) is 10.7. The summed E-state index contributed by atoms with van der Waals surface area (Å²) >= 11 is 0. The molecule has 0 saturated heterocycles. The highest BCUT2D eigenvalue weighted by atomic mass is 16.6. The Bertz CT molecular complexity index is 557. The van der Waals surface area contributed by atoms with Crippen molar-refractivity contribution in [3.63, 3.8) is 0 Å². The maximum atomic E-state index is 12.0. The van der Waals surface area contributed by atoms with E-state index in [2.05, 4.69) is 17.4 Å². The number of oxime groups is 1. The minimum Gasteiger partial charge on any atom is -0.497 e. The number of ether oxygens (including phenoxy) is 2. The molecule has 0 bridgehead atoms. The fraction of sp³-hybridized carbons (Fsp3) is 0.500. The van der Waals surface area contributed by atoms with Crippen LogP contribution in [0.2, 0.25) is 0 Å². The van der Waals surface area contributed by atoms with Gasteiger partial charge in [0, 0.05) is 18.5 Å². The van der Waals surface area contributed by atoms with Crippen LogP contribution >= 0.6 is 0 Å². The SMILES string of the molecule is CCCCNC(=O)[C@@H]1CC(c2cc(OC)ccc2OC)=NO1. The fourth-order valence-electron chi connectivity index (χ4n) is 2.22. The van der Waals surface area contributed by atoms with Crippen LogP contribution in [0.15, 0.2) is 23.4 Å². The lowest BCUT2D eigenvalue weighted by Gasteiger charge is -2.10. The second kappa shape index (κ2) is 7.68. The third-order valence-corrected chi connectivity index (χ3v) is 3.51. The number of nitrogens with zero attached hydrogens (tertiary/aromatic N) is 1. The van der Waals surface area contributed by atoms with Gasteiger partial charge in [0.2, 0.25) is 6.10 Å². The zero-order chi connectivity index (χ0) is 15.9. The lowest BCUT2D eigenvalue weighted by atomic mass is 10.0. The van der Waals surface area contributed by atoms with Crippen LogP contribution in [0.25, 0.3) is 0 Å². The number of nitrogens with one attached hydrogen (secondary N) is 1. The first-order valence-corrected chi connectivity index (χ1v) is 7.42. The topological polar surface area (TPSA) is 69.2 Å². The molecular formula is C16H22N2O4. The lowest BCUT2D eigenvalue weighted by molar-refractivity contribution is -0.131. The molecule has 6 heteroatoms. The molecule has 1 atom stereocenters. The second-order valence-electron chi connectivity index (χ2n) is 5.05. The average Bonchev–Trinajstić information content (AvgIpc) is 3.04. The molecule has 22 heavy (non-hydrogen) atoms. The first-order valence-electron chi connectivity index (χ1n) is 7.42. The van der Waals surface area contributed by atoms with E-state index in [-0.39, 0.29) is 5.91 Å². The van der Waals surface area contributed by atoms with Crippen molar-refractivity contribution in [1.29, 1.82) is 0 Å². The summed E-state index contributed by atoms with van der Waals surface area (Å²) in [4.78, 5) is 17.3. The van der Waals surface area contributed by atoms with Crippen molar-refractivity contribution in [3.05, 3.63) is 23.8 Å². The smallest absolute Gasteiger partial charge is 0.264 e. The van der Waals surface area contributed by atoms with Crippen LogP contribution in [0.3, 0.4) is 0 Å². The number of hydrogen-bond donors (Lipinski definition) is 1. The molecule has 1 heterocycles. The van der Waals surface area contributed by atoms with Crippen LogP contribution in [-0.2, 0) is 9.63 Å². The number of carbonyl (C=O) groups is 1. The van der Waals surface area contributed by atoms with Gasteiger partial charge < -0.3 is 19.6 Å². The van der Waals surface area contributed by atoms with Gasteiger partial charge in [0.1, 0.15) is 11.5 Å². The van der Waals surface area contributed by atoms with Gasteiger partial charge in [0.05, 0.1) is 19.9 Å². The van der Waals surface area contributed by atoms with Crippen LogP contribution in [0.1, 0.15) is 31.7 Å². The molecule has 1 aromatic rings. The molecule has 0 radical (unpaired) electrons. The second-order valence-corrected chi connectivity index (χ2v) is 5.05. The molecule has 1 amide bonds. The van der Waals surface area contributed by atoms with E-state index >= 15 is 0 Å². The van der Waals surface area contributed by atoms with Crippen LogP contribution in [0.5, 0.6) is 11.5 Å². The Kier molecular flexibility index (Phi) is 5.63. The van der Waals surface area contributed by atoms with Gasteiger partial charge in [0.25, 0.3) is 5.91 Å². The van der Waals surface area contributed by atoms with E-state index in [0.29, 0.717) is 30.2 Å². The number of rotatable bonds is 7. The van der Waals surface area contributed by atoms with Gasteiger partial charge in [-0.3, -0.25) is 4.79 Å². The van der Waals surface area contributed by atoms with E-state index in [0.717, 1.165) is 18.4 Å². The standard InChI is InChI=1S/C16H22N2O4/c1-4-5-8-17-16(19)15-10-13(18-22-15)12-9-11(20-2)6-7-14(12)21-3/h6-7,9,15H,4-5,8,10H2,1-3H3,(H,17,19)/t15-/m0/s1. The number of carbonyl (C=O) groups excluding carboxylic acids is 1. The molecule has 1 aliphatic rings. The van der Waals surface area contributed by atoms with E-state index in [1.54, 1.807) is 14.2 Å². The molecule has 2 rings (SSSR count). The van der Waals surface area contributed by atoms with E-state index in [1.165, 1.54) is 0 Å². The maximum Gasteiger partial charge on any atom is 0.264 e. The van der Waals surface area contributed by atoms with Crippen molar-refractivity contribution in [2.24, 2.45) is 5.16 Å². The third-order valence-electron chi connectivity index (χ3n) is 3.51. The highest BCUT2D eigenvalue weighted by molar-refractivity contribution is 6.06. The number of benzene rings is 1. The van der Waals surface area contributed by atoms with Gasteiger partial charge in [0.15, 0.2) is 0 Å². The van der Waals surface area contributed by atoms with Crippen molar-refractivity contribution in [2.75, 3.05) is 20.8 Å².